The third-order valence-electron chi connectivity index (χ3n) is 3.89. The Morgan fingerprint density at radius 1 is 1.52 bits per heavy atom. The molecule has 0 spiro atoms. The van der Waals surface area contributed by atoms with Crippen LogP contribution in [0, 0.1) is 6.92 Å². The molecule has 0 unspecified atom stereocenters. The number of hydrogen-bond acceptors (Lipinski definition) is 5. The van der Waals surface area contributed by atoms with Gasteiger partial charge in [-0.15, -0.1) is 0 Å². The second kappa shape index (κ2) is 5.85. The highest BCUT2D eigenvalue weighted by atomic mass is 16.5. The van der Waals surface area contributed by atoms with Crippen LogP contribution in [-0.4, -0.2) is 59.5 Å². The quantitative estimate of drug-likeness (QED) is 0.891. The third-order valence-corrected chi connectivity index (χ3v) is 3.89. The van der Waals surface area contributed by atoms with Crippen LogP contribution >= 0.6 is 0 Å². The normalized spacial score (nSPS) is 22.3. The first kappa shape index (κ1) is 15.5. The van der Waals surface area contributed by atoms with Crippen molar-refractivity contribution < 1.29 is 14.1 Å². The topological polar surface area (TPSA) is 78.7 Å². The van der Waals surface area contributed by atoms with Crippen molar-refractivity contribution >= 4 is 17.6 Å². The Labute approximate surface area is 124 Å². The Kier molecular flexibility index (Phi) is 4.32. The summed E-state index contributed by atoms with van der Waals surface area (Å²) in [7, 11) is 3.48. The van der Waals surface area contributed by atoms with Crippen molar-refractivity contribution in [1.82, 2.24) is 15.0 Å². The molecule has 1 atom stereocenters. The summed E-state index contributed by atoms with van der Waals surface area (Å²) >= 11 is 0. The molecule has 2 amide bonds. The number of nitrogens with one attached hydrogen (secondary N) is 1. The van der Waals surface area contributed by atoms with Crippen LogP contribution in [0.15, 0.2) is 10.6 Å². The van der Waals surface area contributed by atoms with E-state index in [4.69, 9.17) is 4.52 Å². The Hall–Kier alpha value is -1.89. The van der Waals surface area contributed by atoms with Gasteiger partial charge in [0, 0.05) is 20.2 Å². The van der Waals surface area contributed by atoms with E-state index in [1.165, 1.54) is 0 Å². The number of amides is 2. The first-order valence-corrected chi connectivity index (χ1v) is 7.03. The fraction of sp³-hybridized carbons (Fsp3) is 0.643. The van der Waals surface area contributed by atoms with Crippen molar-refractivity contribution in [3.63, 3.8) is 0 Å². The first-order valence-electron chi connectivity index (χ1n) is 7.03. The molecule has 2 rings (SSSR count). The summed E-state index contributed by atoms with van der Waals surface area (Å²) in [5.41, 5.74) is -0.611. The van der Waals surface area contributed by atoms with Crippen molar-refractivity contribution in [3.8, 4) is 0 Å². The monoisotopic (exact) mass is 294 g/mol. The maximum Gasteiger partial charge on any atom is 0.242 e. The minimum absolute atomic E-state index is 0.0325. The van der Waals surface area contributed by atoms with E-state index < -0.39 is 5.54 Å². The van der Waals surface area contributed by atoms with E-state index in [2.05, 4.69) is 10.5 Å². The lowest BCUT2D eigenvalue weighted by molar-refractivity contribution is -0.140. The van der Waals surface area contributed by atoms with Crippen LogP contribution in [0.25, 0.3) is 0 Å². The molecule has 0 aromatic carbocycles. The summed E-state index contributed by atoms with van der Waals surface area (Å²) < 4.78 is 4.91. The van der Waals surface area contributed by atoms with Gasteiger partial charge >= 0.3 is 0 Å². The van der Waals surface area contributed by atoms with Gasteiger partial charge in [-0.2, -0.15) is 0 Å². The summed E-state index contributed by atoms with van der Waals surface area (Å²) in [5, 5.41) is 6.41. The number of likely N-dealkylation sites (N-methyl/N-ethyl adjacent to an activating group) is 1. The molecule has 1 aliphatic heterocycles. The minimum Gasteiger partial charge on any atom is -0.360 e. The van der Waals surface area contributed by atoms with Crippen LogP contribution in [0.5, 0.6) is 0 Å². The summed E-state index contributed by atoms with van der Waals surface area (Å²) in [6, 6.07) is 1.66. The van der Waals surface area contributed by atoms with Crippen LogP contribution < -0.4 is 5.32 Å². The highest BCUT2D eigenvalue weighted by molar-refractivity contribution is 5.92. The molecule has 7 nitrogen and oxygen atoms in total. The number of hydrogen-bond donors (Lipinski definition) is 1. The predicted octanol–water partition coefficient (Wildman–Crippen LogP) is 0.864. The number of aromatic nitrogens is 1. The number of anilines is 1. The van der Waals surface area contributed by atoms with Gasteiger partial charge in [0.1, 0.15) is 5.76 Å². The molecule has 21 heavy (non-hydrogen) atoms. The van der Waals surface area contributed by atoms with E-state index in [9.17, 15) is 9.59 Å². The molecule has 1 N–H and O–H groups in total. The van der Waals surface area contributed by atoms with Crippen LogP contribution in [-0.2, 0) is 9.59 Å². The Morgan fingerprint density at radius 2 is 2.24 bits per heavy atom. The van der Waals surface area contributed by atoms with E-state index in [0.29, 0.717) is 11.6 Å². The lowest BCUT2D eigenvalue weighted by atomic mass is 9.97. The lowest BCUT2D eigenvalue weighted by Gasteiger charge is -2.35. The molecule has 0 saturated carbocycles. The number of carbonyl (C=O) groups excluding carboxylic acids is 2. The first-order chi connectivity index (χ1) is 9.83. The molecule has 0 bridgehead atoms. The standard InChI is InChI=1S/C14H22N4O3/c1-10-8-11(16-21-10)15-12(19)9-18-7-5-6-14(18,2)13(20)17(3)4/h8H,5-7,9H2,1-4H3,(H,15,16,19)/t14-/m1/s1. The van der Waals surface area contributed by atoms with Gasteiger partial charge < -0.3 is 14.7 Å². The zero-order chi connectivity index (χ0) is 15.6. The average Bonchev–Trinajstić information content (AvgIpc) is 2.96. The van der Waals surface area contributed by atoms with Gasteiger partial charge in [0.15, 0.2) is 5.82 Å². The molecule has 1 aliphatic rings. The second-order valence-corrected chi connectivity index (χ2v) is 5.87. The molecular weight excluding hydrogens is 272 g/mol. The number of aryl methyl sites for hydroxylation is 1. The minimum atomic E-state index is -0.611. The van der Waals surface area contributed by atoms with Crippen molar-refractivity contribution in [2.24, 2.45) is 0 Å². The average molecular weight is 294 g/mol. The van der Waals surface area contributed by atoms with Gasteiger partial charge in [-0.1, -0.05) is 5.16 Å². The van der Waals surface area contributed by atoms with Crippen LogP contribution in [0.4, 0.5) is 5.82 Å². The zero-order valence-corrected chi connectivity index (χ0v) is 13.0. The number of rotatable bonds is 4. The predicted molar refractivity (Wildman–Crippen MR) is 77.8 cm³/mol. The maximum atomic E-state index is 12.3. The van der Waals surface area contributed by atoms with Gasteiger partial charge in [-0.25, -0.2) is 0 Å². The van der Waals surface area contributed by atoms with E-state index in [1.807, 2.05) is 11.8 Å². The highest BCUT2D eigenvalue weighted by Gasteiger charge is 2.44. The maximum absolute atomic E-state index is 12.3. The fourth-order valence-electron chi connectivity index (χ4n) is 2.78. The molecule has 1 aromatic rings. The summed E-state index contributed by atoms with van der Waals surface area (Å²) in [5.74, 6) is 0.879. The molecule has 1 fully saturated rings. The smallest absolute Gasteiger partial charge is 0.242 e. The van der Waals surface area contributed by atoms with E-state index >= 15 is 0 Å². The van der Waals surface area contributed by atoms with Gasteiger partial charge in [0.25, 0.3) is 0 Å². The second-order valence-electron chi connectivity index (χ2n) is 5.87. The van der Waals surface area contributed by atoms with E-state index in [-0.39, 0.29) is 18.4 Å². The van der Waals surface area contributed by atoms with E-state index in [1.54, 1.807) is 32.0 Å². The van der Waals surface area contributed by atoms with Crippen LogP contribution in [0.1, 0.15) is 25.5 Å². The molecule has 116 valence electrons. The molecular formula is C14H22N4O3. The van der Waals surface area contributed by atoms with Gasteiger partial charge in [0.2, 0.25) is 11.8 Å². The molecule has 0 radical (unpaired) electrons. The van der Waals surface area contributed by atoms with Crippen molar-refractivity contribution in [2.75, 3.05) is 32.5 Å². The highest BCUT2D eigenvalue weighted by Crippen LogP contribution is 2.30. The fourth-order valence-corrected chi connectivity index (χ4v) is 2.78. The van der Waals surface area contributed by atoms with E-state index in [0.717, 1.165) is 19.4 Å². The van der Waals surface area contributed by atoms with Crippen molar-refractivity contribution in [3.05, 3.63) is 11.8 Å². The van der Waals surface area contributed by atoms with Crippen LogP contribution in [0.3, 0.4) is 0 Å². The SMILES string of the molecule is Cc1cc(NC(=O)CN2CCC[C@]2(C)C(=O)N(C)C)no1. The summed E-state index contributed by atoms with van der Waals surface area (Å²) in [4.78, 5) is 28.0. The van der Waals surface area contributed by atoms with Gasteiger partial charge in [-0.05, 0) is 33.2 Å². The van der Waals surface area contributed by atoms with Crippen molar-refractivity contribution in [2.45, 2.75) is 32.2 Å². The lowest BCUT2D eigenvalue weighted by Crippen LogP contribution is -2.54. The Morgan fingerprint density at radius 3 is 2.81 bits per heavy atom. The number of carbonyl (C=O) groups is 2. The molecule has 2 heterocycles. The zero-order valence-electron chi connectivity index (χ0n) is 13.0. The molecule has 1 aromatic heterocycles. The third kappa shape index (κ3) is 3.24. The van der Waals surface area contributed by atoms with Crippen molar-refractivity contribution in [1.29, 1.82) is 0 Å². The molecule has 1 saturated heterocycles. The number of likely N-dealkylation sites (tertiary alicyclic amines) is 1. The summed E-state index contributed by atoms with van der Waals surface area (Å²) in [6.45, 7) is 4.56. The summed E-state index contributed by atoms with van der Waals surface area (Å²) in [6.07, 6.45) is 1.67. The Balaban J connectivity index is 2.01. The number of nitrogens with zero attached hydrogens (tertiary/aromatic N) is 3. The molecule has 7 heteroatoms. The molecule has 0 aliphatic carbocycles. The van der Waals surface area contributed by atoms with Crippen LogP contribution in [0.2, 0.25) is 0 Å². The van der Waals surface area contributed by atoms with Gasteiger partial charge in [-0.3, -0.25) is 14.5 Å². The largest absolute Gasteiger partial charge is 0.360 e. The van der Waals surface area contributed by atoms with Gasteiger partial charge in [0.05, 0.1) is 12.1 Å². The Bertz CT molecular complexity index is 540.